The molecule has 1 aromatic carbocycles. The molecule has 12 heavy (non-hydrogen) atoms. The summed E-state index contributed by atoms with van der Waals surface area (Å²) in [5.41, 5.74) is 1.30. The summed E-state index contributed by atoms with van der Waals surface area (Å²) in [4.78, 5) is -0.165. The maximum atomic E-state index is 6.22. The van der Waals surface area contributed by atoms with Crippen molar-refractivity contribution in [1.82, 2.24) is 0 Å². The van der Waals surface area contributed by atoms with Gasteiger partial charge in [0.25, 0.3) is 0 Å². The summed E-state index contributed by atoms with van der Waals surface area (Å²) in [6.45, 7) is 6.25. The molecule has 0 spiro atoms. The third kappa shape index (κ3) is 2.25. The zero-order valence-corrected chi connectivity index (χ0v) is 8.60. The van der Waals surface area contributed by atoms with Crippen molar-refractivity contribution in [3.8, 4) is 0 Å². The van der Waals surface area contributed by atoms with Crippen molar-refractivity contribution >= 4 is 11.6 Å². The van der Waals surface area contributed by atoms with E-state index in [1.165, 1.54) is 5.56 Å². The van der Waals surface area contributed by atoms with Gasteiger partial charge in [-0.15, -0.1) is 11.6 Å². The van der Waals surface area contributed by atoms with E-state index in [4.69, 9.17) is 11.6 Å². The third-order valence-corrected chi connectivity index (χ3v) is 2.66. The van der Waals surface area contributed by atoms with Crippen molar-refractivity contribution in [3.05, 3.63) is 35.9 Å². The average Bonchev–Trinajstić information content (AvgIpc) is 2.03. The van der Waals surface area contributed by atoms with E-state index in [2.05, 4.69) is 31.2 Å². The van der Waals surface area contributed by atoms with Crippen LogP contribution >= 0.6 is 11.6 Å². The Labute approximate surface area is 79.6 Å². The van der Waals surface area contributed by atoms with Crippen molar-refractivity contribution in [2.45, 2.75) is 31.6 Å². The Morgan fingerprint density at radius 1 is 1.17 bits per heavy atom. The lowest BCUT2D eigenvalue weighted by Crippen LogP contribution is -2.19. The molecule has 0 aliphatic carbocycles. The first kappa shape index (κ1) is 9.60. The number of benzene rings is 1. The molecular formula is C11H15Cl. The maximum absolute atomic E-state index is 6.22. The summed E-state index contributed by atoms with van der Waals surface area (Å²) in [7, 11) is 0. The first-order chi connectivity index (χ1) is 5.52. The second kappa shape index (κ2) is 3.49. The van der Waals surface area contributed by atoms with Crippen LogP contribution in [0.4, 0.5) is 0 Å². The molecule has 0 fully saturated rings. The van der Waals surface area contributed by atoms with Crippen LogP contribution in [0.1, 0.15) is 32.3 Å². The molecule has 1 aromatic rings. The highest BCUT2D eigenvalue weighted by atomic mass is 35.5. The fourth-order valence-electron chi connectivity index (χ4n) is 1.14. The molecule has 0 aromatic heterocycles. The molecule has 66 valence electrons. The smallest absolute Gasteiger partial charge is 0.0456 e. The molecule has 1 rings (SSSR count). The predicted octanol–water partition coefficient (Wildman–Crippen LogP) is 3.81. The molecular weight excluding hydrogens is 168 g/mol. The minimum atomic E-state index is -0.165. The van der Waals surface area contributed by atoms with E-state index >= 15 is 0 Å². The van der Waals surface area contributed by atoms with Crippen molar-refractivity contribution < 1.29 is 0 Å². The van der Waals surface area contributed by atoms with Gasteiger partial charge in [0, 0.05) is 4.87 Å². The van der Waals surface area contributed by atoms with Crippen molar-refractivity contribution in [3.63, 3.8) is 0 Å². The summed E-state index contributed by atoms with van der Waals surface area (Å²) < 4.78 is 0. The second-order valence-electron chi connectivity index (χ2n) is 3.70. The molecule has 0 N–H and O–H groups in total. The highest BCUT2D eigenvalue weighted by Crippen LogP contribution is 2.32. The summed E-state index contributed by atoms with van der Waals surface area (Å²) in [6, 6.07) is 10.4. The molecule has 1 heteroatoms. The number of halogens is 1. The summed E-state index contributed by atoms with van der Waals surface area (Å²) in [6.07, 6.45) is 0. The van der Waals surface area contributed by atoms with Gasteiger partial charge in [-0.25, -0.2) is 0 Å². The molecule has 0 radical (unpaired) electrons. The fourth-order valence-corrected chi connectivity index (χ4v) is 1.26. The van der Waals surface area contributed by atoms with E-state index < -0.39 is 0 Å². The Balaban J connectivity index is 2.86. The SMILES string of the molecule is C[C@H](c1ccccc1)C(C)(C)Cl. The van der Waals surface area contributed by atoms with Crippen molar-refractivity contribution in [1.29, 1.82) is 0 Å². The van der Waals surface area contributed by atoms with Gasteiger partial charge in [0.2, 0.25) is 0 Å². The molecule has 0 aliphatic rings. The normalized spacial score (nSPS) is 14.3. The summed E-state index contributed by atoms with van der Waals surface area (Å²) in [5.74, 6) is 0.389. The van der Waals surface area contributed by atoms with Crippen LogP contribution in [-0.2, 0) is 0 Å². The number of hydrogen-bond donors (Lipinski definition) is 0. The van der Waals surface area contributed by atoms with Gasteiger partial charge in [0.15, 0.2) is 0 Å². The Kier molecular flexibility index (Phi) is 2.79. The Bertz CT molecular complexity index is 233. The van der Waals surface area contributed by atoms with Gasteiger partial charge in [-0.3, -0.25) is 0 Å². The van der Waals surface area contributed by atoms with Gasteiger partial charge in [-0.1, -0.05) is 37.3 Å². The lowest BCUT2D eigenvalue weighted by Gasteiger charge is -2.24. The van der Waals surface area contributed by atoms with Gasteiger partial charge in [0.05, 0.1) is 0 Å². The zero-order valence-electron chi connectivity index (χ0n) is 7.84. The number of alkyl halides is 1. The van der Waals surface area contributed by atoms with E-state index in [0.29, 0.717) is 5.92 Å². The monoisotopic (exact) mass is 182 g/mol. The molecule has 0 aliphatic heterocycles. The van der Waals surface area contributed by atoms with E-state index in [-0.39, 0.29) is 4.87 Å². The van der Waals surface area contributed by atoms with Crippen LogP contribution < -0.4 is 0 Å². The molecule has 0 heterocycles. The van der Waals surface area contributed by atoms with E-state index in [9.17, 15) is 0 Å². The minimum absolute atomic E-state index is 0.165. The lowest BCUT2D eigenvalue weighted by atomic mass is 9.90. The Morgan fingerprint density at radius 2 is 1.67 bits per heavy atom. The largest absolute Gasteiger partial charge is 0.119 e. The maximum Gasteiger partial charge on any atom is 0.0456 e. The van der Waals surface area contributed by atoms with Gasteiger partial charge in [-0.2, -0.15) is 0 Å². The van der Waals surface area contributed by atoms with Crippen LogP contribution in [0.5, 0.6) is 0 Å². The van der Waals surface area contributed by atoms with E-state index in [1.807, 2.05) is 19.9 Å². The molecule has 0 amide bonds. The third-order valence-electron chi connectivity index (χ3n) is 2.33. The standard InChI is InChI=1S/C11H15Cl/c1-9(11(2,3)12)10-7-5-4-6-8-10/h4-9H,1-3H3/t9-/m1/s1. The molecule has 0 saturated heterocycles. The lowest BCUT2D eigenvalue weighted by molar-refractivity contribution is 0.575. The van der Waals surface area contributed by atoms with Gasteiger partial charge in [0.1, 0.15) is 0 Å². The van der Waals surface area contributed by atoms with Gasteiger partial charge >= 0.3 is 0 Å². The molecule has 0 bridgehead atoms. The molecule has 1 atom stereocenters. The Hall–Kier alpha value is -0.490. The average molecular weight is 183 g/mol. The number of rotatable bonds is 2. The van der Waals surface area contributed by atoms with Crippen LogP contribution in [0, 0.1) is 0 Å². The molecule has 0 nitrogen and oxygen atoms in total. The summed E-state index contributed by atoms with van der Waals surface area (Å²) >= 11 is 6.22. The molecule has 0 unspecified atom stereocenters. The minimum Gasteiger partial charge on any atom is -0.119 e. The second-order valence-corrected chi connectivity index (χ2v) is 4.67. The first-order valence-electron chi connectivity index (χ1n) is 4.25. The highest BCUT2D eigenvalue weighted by Gasteiger charge is 2.23. The van der Waals surface area contributed by atoms with Gasteiger partial charge < -0.3 is 0 Å². The number of hydrogen-bond acceptors (Lipinski definition) is 0. The molecule has 0 saturated carbocycles. The van der Waals surface area contributed by atoms with Crippen LogP contribution in [0.15, 0.2) is 30.3 Å². The fraction of sp³-hybridized carbons (Fsp3) is 0.455. The van der Waals surface area contributed by atoms with Crippen molar-refractivity contribution in [2.24, 2.45) is 0 Å². The summed E-state index contributed by atoms with van der Waals surface area (Å²) in [5, 5.41) is 0. The van der Waals surface area contributed by atoms with E-state index in [1.54, 1.807) is 0 Å². The highest BCUT2D eigenvalue weighted by molar-refractivity contribution is 6.23. The zero-order chi connectivity index (χ0) is 9.19. The quantitative estimate of drug-likeness (QED) is 0.611. The van der Waals surface area contributed by atoms with Crippen LogP contribution in [0.25, 0.3) is 0 Å². The topological polar surface area (TPSA) is 0 Å². The van der Waals surface area contributed by atoms with Crippen LogP contribution in [0.2, 0.25) is 0 Å². The first-order valence-corrected chi connectivity index (χ1v) is 4.63. The van der Waals surface area contributed by atoms with Crippen LogP contribution in [-0.4, -0.2) is 4.87 Å². The predicted molar refractivity (Wildman–Crippen MR) is 54.8 cm³/mol. The van der Waals surface area contributed by atoms with Crippen LogP contribution in [0.3, 0.4) is 0 Å². The van der Waals surface area contributed by atoms with Gasteiger partial charge in [-0.05, 0) is 25.3 Å². The van der Waals surface area contributed by atoms with Crippen molar-refractivity contribution in [2.75, 3.05) is 0 Å². The van der Waals surface area contributed by atoms with E-state index in [0.717, 1.165) is 0 Å². The Morgan fingerprint density at radius 3 is 2.08 bits per heavy atom.